The summed E-state index contributed by atoms with van der Waals surface area (Å²) in [4.78, 5) is 11.6. The van der Waals surface area contributed by atoms with Crippen molar-refractivity contribution in [2.75, 3.05) is 0 Å². The van der Waals surface area contributed by atoms with Crippen LogP contribution in [0.3, 0.4) is 0 Å². The number of hydrogen-bond acceptors (Lipinski definition) is 4. The van der Waals surface area contributed by atoms with Crippen LogP contribution in [0.4, 0.5) is 18.9 Å². The Balaban J connectivity index is 3.40. The van der Waals surface area contributed by atoms with Crippen molar-refractivity contribution in [2.45, 2.75) is 6.43 Å². The van der Waals surface area contributed by atoms with E-state index in [2.05, 4.69) is 4.98 Å². The summed E-state index contributed by atoms with van der Waals surface area (Å²) in [6.45, 7) is 0. The third kappa shape index (κ3) is 1.73. The van der Waals surface area contributed by atoms with E-state index >= 15 is 0 Å². The summed E-state index contributed by atoms with van der Waals surface area (Å²) in [7, 11) is 0. The molecule has 0 aliphatic rings. The molecule has 76 valence electrons. The van der Waals surface area contributed by atoms with Crippen molar-refractivity contribution in [3.05, 3.63) is 27.8 Å². The number of nitrogens with zero attached hydrogens (tertiary/aromatic N) is 2. The van der Waals surface area contributed by atoms with Crippen LogP contribution < -0.4 is 0 Å². The van der Waals surface area contributed by atoms with E-state index < -0.39 is 34.4 Å². The van der Waals surface area contributed by atoms with Gasteiger partial charge in [-0.2, -0.15) is 4.39 Å². The number of pyridine rings is 1. The van der Waals surface area contributed by atoms with Crippen molar-refractivity contribution < 1.29 is 23.2 Å². The summed E-state index contributed by atoms with van der Waals surface area (Å²) in [6, 6.07) is 0.265. The predicted molar refractivity (Wildman–Crippen MR) is 37.5 cm³/mol. The van der Waals surface area contributed by atoms with Gasteiger partial charge in [-0.3, -0.25) is 10.1 Å². The van der Waals surface area contributed by atoms with Crippen LogP contribution in [0.5, 0.6) is 5.75 Å². The summed E-state index contributed by atoms with van der Waals surface area (Å²) in [5, 5.41) is 19.1. The topological polar surface area (TPSA) is 76.3 Å². The Morgan fingerprint density at radius 3 is 2.57 bits per heavy atom. The van der Waals surface area contributed by atoms with Gasteiger partial charge in [-0.25, -0.2) is 13.8 Å². The van der Waals surface area contributed by atoms with Crippen molar-refractivity contribution in [3.8, 4) is 5.75 Å². The van der Waals surface area contributed by atoms with Crippen molar-refractivity contribution in [3.63, 3.8) is 0 Å². The monoisotopic (exact) mass is 208 g/mol. The number of aromatic hydroxyl groups is 1. The molecule has 0 aromatic carbocycles. The first-order chi connectivity index (χ1) is 6.43. The highest BCUT2D eigenvalue weighted by Crippen LogP contribution is 2.34. The van der Waals surface area contributed by atoms with E-state index in [1.165, 1.54) is 0 Å². The molecule has 14 heavy (non-hydrogen) atoms. The van der Waals surface area contributed by atoms with E-state index in [-0.39, 0.29) is 6.07 Å². The lowest BCUT2D eigenvalue weighted by Gasteiger charge is -2.02. The summed E-state index contributed by atoms with van der Waals surface area (Å²) in [5.74, 6) is -2.75. The van der Waals surface area contributed by atoms with Gasteiger partial charge in [-0.1, -0.05) is 0 Å². The molecule has 1 aromatic rings. The first-order valence-electron chi connectivity index (χ1n) is 3.25. The number of aromatic nitrogens is 1. The number of rotatable bonds is 2. The fourth-order valence-electron chi connectivity index (χ4n) is 0.804. The van der Waals surface area contributed by atoms with Crippen LogP contribution in [0.25, 0.3) is 0 Å². The molecule has 1 heterocycles. The number of alkyl halides is 2. The van der Waals surface area contributed by atoms with Crippen LogP contribution in [0.2, 0.25) is 0 Å². The first kappa shape index (κ1) is 10.2. The molecule has 0 bridgehead atoms. The third-order valence-corrected chi connectivity index (χ3v) is 1.37. The predicted octanol–water partition coefficient (Wildman–Crippen LogP) is 1.77. The second kappa shape index (κ2) is 3.48. The van der Waals surface area contributed by atoms with Gasteiger partial charge >= 0.3 is 5.69 Å². The maximum absolute atomic E-state index is 12.5. The van der Waals surface area contributed by atoms with E-state index in [1.54, 1.807) is 0 Å². The van der Waals surface area contributed by atoms with Crippen molar-refractivity contribution in [1.82, 2.24) is 4.98 Å². The SMILES string of the molecule is O=[N+]([O-])c1cc(F)nc(C(F)F)c1O. The Bertz CT molecular complexity index is 383. The average molecular weight is 208 g/mol. The quantitative estimate of drug-likeness (QED) is 0.456. The molecular weight excluding hydrogens is 205 g/mol. The van der Waals surface area contributed by atoms with Gasteiger partial charge in [0, 0.05) is 0 Å². The molecule has 0 amide bonds. The summed E-state index contributed by atoms with van der Waals surface area (Å²) in [5.41, 5.74) is -2.47. The van der Waals surface area contributed by atoms with Crippen molar-refractivity contribution in [1.29, 1.82) is 0 Å². The van der Waals surface area contributed by atoms with Gasteiger partial charge in [0.25, 0.3) is 6.43 Å². The highest BCUT2D eigenvalue weighted by molar-refractivity contribution is 5.47. The molecule has 1 rings (SSSR count). The molecule has 0 spiro atoms. The minimum Gasteiger partial charge on any atom is -0.501 e. The Kier molecular flexibility index (Phi) is 2.54. The standard InChI is InChI=1S/C6H3F3N2O3/c7-3-1-2(11(13)14)5(12)4(10-3)6(8)9/h1,6,12H. The van der Waals surface area contributed by atoms with Crippen LogP contribution in [0.1, 0.15) is 12.1 Å². The van der Waals surface area contributed by atoms with Gasteiger partial charge in [0.05, 0.1) is 11.0 Å². The fraction of sp³-hybridized carbons (Fsp3) is 0.167. The second-order valence-electron chi connectivity index (χ2n) is 2.26. The Morgan fingerprint density at radius 1 is 1.57 bits per heavy atom. The number of hydrogen-bond donors (Lipinski definition) is 1. The molecule has 0 atom stereocenters. The molecule has 0 saturated heterocycles. The largest absolute Gasteiger partial charge is 0.501 e. The Hall–Kier alpha value is -1.86. The lowest BCUT2D eigenvalue weighted by molar-refractivity contribution is -0.386. The molecule has 1 N–H and O–H groups in total. The summed E-state index contributed by atoms with van der Waals surface area (Å²) < 4.78 is 36.5. The average Bonchev–Trinajstić information content (AvgIpc) is 2.07. The molecule has 1 aromatic heterocycles. The van der Waals surface area contributed by atoms with Gasteiger partial charge < -0.3 is 5.11 Å². The lowest BCUT2D eigenvalue weighted by Crippen LogP contribution is -1.99. The second-order valence-corrected chi connectivity index (χ2v) is 2.26. The van der Waals surface area contributed by atoms with Crippen LogP contribution in [0, 0.1) is 16.1 Å². The fourth-order valence-corrected chi connectivity index (χ4v) is 0.804. The zero-order chi connectivity index (χ0) is 10.9. The van der Waals surface area contributed by atoms with E-state index in [4.69, 9.17) is 5.11 Å². The first-order valence-corrected chi connectivity index (χ1v) is 3.25. The number of nitro groups is 1. The maximum Gasteiger partial charge on any atom is 0.317 e. The maximum atomic E-state index is 12.5. The van der Waals surface area contributed by atoms with E-state index in [1.807, 2.05) is 0 Å². The van der Waals surface area contributed by atoms with Gasteiger partial charge in [0.2, 0.25) is 11.7 Å². The van der Waals surface area contributed by atoms with Gasteiger partial charge in [-0.15, -0.1) is 0 Å². The van der Waals surface area contributed by atoms with E-state index in [9.17, 15) is 23.3 Å². The van der Waals surface area contributed by atoms with Gasteiger partial charge in [0.15, 0.2) is 5.69 Å². The molecule has 0 radical (unpaired) electrons. The normalized spacial score (nSPS) is 10.6. The summed E-state index contributed by atoms with van der Waals surface area (Å²) in [6.07, 6.45) is -3.27. The van der Waals surface area contributed by atoms with Crippen molar-refractivity contribution >= 4 is 5.69 Å². The minimum atomic E-state index is -3.27. The zero-order valence-electron chi connectivity index (χ0n) is 6.45. The van der Waals surface area contributed by atoms with E-state index in [0.29, 0.717) is 0 Å². The Morgan fingerprint density at radius 2 is 2.14 bits per heavy atom. The molecule has 0 saturated carbocycles. The van der Waals surface area contributed by atoms with Crippen LogP contribution in [0.15, 0.2) is 6.07 Å². The van der Waals surface area contributed by atoms with Crippen LogP contribution >= 0.6 is 0 Å². The third-order valence-electron chi connectivity index (χ3n) is 1.37. The molecule has 0 unspecified atom stereocenters. The number of halogens is 3. The Labute approximate surface area is 75.0 Å². The van der Waals surface area contributed by atoms with Gasteiger partial charge in [0.1, 0.15) is 0 Å². The molecule has 0 aliphatic carbocycles. The molecule has 5 nitrogen and oxygen atoms in total. The van der Waals surface area contributed by atoms with E-state index in [0.717, 1.165) is 0 Å². The lowest BCUT2D eigenvalue weighted by atomic mass is 10.3. The molecule has 0 aliphatic heterocycles. The zero-order valence-corrected chi connectivity index (χ0v) is 6.45. The smallest absolute Gasteiger partial charge is 0.317 e. The van der Waals surface area contributed by atoms with Crippen LogP contribution in [-0.4, -0.2) is 15.0 Å². The molecular formula is C6H3F3N2O3. The minimum absolute atomic E-state index is 0.265. The van der Waals surface area contributed by atoms with Gasteiger partial charge in [-0.05, 0) is 0 Å². The molecule has 0 fully saturated rings. The summed E-state index contributed by atoms with van der Waals surface area (Å²) >= 11 is 0. The van der Waals surface area contributed by atoms with Crippen molar-refractivity contribution in [2.24, 2.45) is 0 Å². The van der Waals surface area contributed by atoms with Crippen LogP contribution in [-0.2, 0) is 0 Å². The highest BCUT2D eigenvalue weighted by Gasteiger charge is 2.25. The molecule has 8 heteroatoms. The highest BCUT2D eigenvalue weighted by atomic mass is 19.3.